The van der Waals surface area contributed by atoms with Gasteiger partial charge in [-0.05, 0) is 30.3 Å². The zero-order chi connectivity index (χ0) is 22.2. The molecule has 1 amide bonds. The van der Waals surface area contributed by atoms with Crippen molar-refractivity contribution in [1.29, 1.82) is 0 Å². The first-order chi connectivity index (χ1) is 13.1. The summed E-state index contributed by atoms with van der Waals surface area (Å²) in [6, 6.07) is 3.75. The van der Waals surface area contributed by atoms with Gasteiger partial charge in [0, 0.05) is 5.56 Å². The van der Waals surface area contributed by atoms with E-state index in [1.807, 2.05) is 0 Å². The van der Waals surface area contributed by atoms with Crippen LogP contribution in [0.4, 0.5) is 40.8 Å². The van der Waals surface area contributed by atoms with E-state index in [2.05, 4.69) is 0 Å². The Hall–Kier alpha value is -2.70. The van der Waals surface area contributed by atoms with Crippen molar-refractivity contribution in [2.45, 2.75) is 23.0 Å². The van der Waals surface area contributed by atoms with Crippen LogP contribution in [-0.2, 0) is 22.2 Å². The normalized spacial score (nSPS) is 12.9. The lowest BCUT2D eigenvalue weighted by Gasteiger charge is -2.15. The molecule has 0 aliphatic rings. The van der Waals surface area contributed by atoms with E-state index in [-0.39, 0.29) is 18.2 Å². The van der Waals surface area contributed by atoms with E-state index in [0.29, 0.717) is 6.07 Å². The number of para-hydroxylation sites is 1. The number of carbonyl (C=O) groups is 1. The minimum Gasteiger partial charge on any atom is -0.321 e. The average molecular weight is 447 g/mol. The standard InChI is InChI=1S/C16H9F8NO3S/c17-14(18)29(27,28)12-4-2-1-3-11(12)25-13(26)8-5-9(15(19,20)21)7-10(6-8)16(22,23)24/h1-7,14H,(H,25,26). The molecule has 158 valence electrons. The van der Waals surface area contributed by atoms with Crippen LogP contribution in [0.25, 0.3) is 0 Å². The quantitative estimate of drug-likeness (QED) is 0.674. The van der Waals surface area contributed by atoms with Gasteiger partial charge in [0.1, 0.15) is 0 Å². The predicted molar refractivity (Wildman–Crippen MR) is 84.0 cm³/mol. The second kappa shape index (κ2) is 7.61. The van der Waals surface area contributed by atoms with Crippen molar-refractivity contribution in [2.24, 2.45) is 0 Å². The van der Waals surface area contributed by atoms with Crippen molar-refractivity contribution in [1.82, 2.24) is 0 Å². The first-order valence-corrected chi connectivity index (χ1v) is 8.90. The number of hydrogen-bond acceptors (Lipinski definition) is 3. The Morgan fingerprint density at radius 3 is 1.79 bits per heavy atom. The molecule has 4 nitrogen and oxygen atoms in total. The van der Waals surface area contributed by atoms with Gasteiger partial charge in [0.05, 0.1) is 21.7 Å². The predicted octanol–water partition coefficient (Wildman–Crippen LogP) is 4.97. The van der Waals surface area contributed by atoms with E-state index in [4.69, 9.17) is 0 Å². The summed E-state index contributed by atoms with van der Waals surface area (Å²) in [6.07, 6.45) is -10.4. The molecule has 0 heterocycles. The van der Waals surface area contributed by atoms with Gasteiger partial charge in [-0.2, -0.15) is 35.1 Å². The van der Waals surface area contributed by atoms with Crippen LogP contribution in [0, 0.1) is 0 Å². The van der Waals surface area contributed by atoms with Gasteiger partial charge in [-0.1, -0.05) is 12.1 Å². The lowest BCUT2D eigenvalue weighted by atomic mass is 10.0. The van der Waals surface area contributed by atoms with E-state index < -0.39 is 61.1 Å². The summed E-state index contributed by atoms with van der Waals surface area (Å²) in [7, 11) is -5.21. The molecule has 0 radical (unpaired) electrons. The molecule has 0 spiro atoms. The molecule has 29 heavy (non-hydrogen) atoms. The van der Waals surface area contributed by atoms with Gasteiger partial charge in [-0.3, -0.25) is 4.79 Å². The first kappa shape index (κ1) is 22.6. The molecule has 0 aliphatic carbocycles. The summed E-state index contributed by atoms with van der Waals surface area (Å²) in [5.41, 5.74) is -5.38. The maximum atomic E-state index is 12.9. The highest BCUT2D eigenvalue weighted by Crippen LogP contribution is 2.36. The van der Waals surface area contributed by atoms with Crippen molar-refractivity contribution in [3.05, 3.63) is 59.2 Å². The molecule has 0 fully saturated rings. The number of anilines is 1. The average Bonchev–Trinajstić information content (AvgIpc) is 2.60. The summed E-state index contributed by atoms with van der Waals surface area (Å²) < 4.78 is 126. The Kier molecular flexibility index (Phi) is 5.93. The van der Waals surface area contributed by atoms with Crippen LogP contribution >= 0.6 is 0 Å². The molecule has 0 saturated heterocycles. The molecular weight excluding hydrogens is 438 g/mol. The molecule has 2 rings (SSSR count). The van der Waals surface area contributed by atoms with Gasteiger partial charge in [0.25, 0.3) is 5.91 Å². The Morgan fingerprint density at radius 2 is 1.34 bits per heavy atom. The smallest absolute Gasteiger partial charge is 0.321 e. The van der Waals surface area contributed by atoms with Crippen LogP contribution < -0.4 is 5.32 Å². The molecule has 0 atom stereocenters. The highest BCUT2D eigenvalue weighted by molar-refractivity contribution is 7.91. The summed E-state index contributed by atoms with van der Waals surface area (Å²) in [4.78, 5) is 11.1. The molecule has 0 aromatic heterocycles. The van der Waals surface area contributed by atoms with Gasteiger partial charge in [0.15, 0.2) is 0 Å². The van der Waals surface area contributed by atoms with Crippen molar-refractivity contribution in [3.63, 3.8) is 0 Å². The largest absolute Gasteiger partial charge is 0.416 e. The summed E-state index contributed by atoms with van der Waals surface area (Å²) in [5.74, 6) is -5.43. The van der Waals surface area contributed by atoms with Crippen LogP contribution in [0.2, 0.25) is 0 Å². The third-order valence-electron chi connectivity index (χ3n) is 3.53. The van der Waals surface area contributed by atoms with Crippen LogP contribution in [0.15, 0.2) is 47.4 Å². The molecular formula is C16H9F8NO3S. The van der Waals surface area contributed by atoms with Gasteiger partial charge in [-0.25, -0.2) is 8.42 Å². The van der Waals surface area contributed by atoms with Crippen molar-refractivity contribution in [2.75, 3.05) is 5.32 Å². The van der Waals surface area contributed by atoms with Crippen LogP contribution in [0.3, 0.4) is 0 Å². The van der Waals surface area contributed by atoms with Crippen molar-refractivity contribution < 1.29 is 48.3 Å². The molecule has 0 unspecified atom stereocenters. The molecule has 0 aliphatic heterocycles. The van der Waals surface area contributed by atoms with E-state index >= 15 is 0 Å². The third kappa shape index (κ3) is 5.02. The number of rotatable bonds is 4. The Morgan fingerprint density at radius 1 is 0.862 bits per heavy atom. The van der Waals surface area contributed by atoms with Crippen LogP contribution in [-0.4, -0.2) is 20.1 Å². The fraction of sp³-hybridized carbons (Fsp3) is 0.188. The van der Waals surface area contributed by atoms with Gasteiger partial charge < -0.3 is 5.32 Å². The fourth-order valence-corrected chi connectivity index (χ4v) is 3.08. The topological polar surface area (TPSA) is 63.2 Å². The van der Waals surface area contributed by atoms with E-state index in [9.17, 15) is 48.3 Å². The zero-order valence-corrected chi connectivity index (χ0v) is 14.6. The lowest BCUT2D eigenvalue weighted by molar-refractivity contribution is -0.143. The minimum absolute atomic E-state index is 0.120. The molecule has 2 aromatic rings. The number of hydrogen-bond donors (Lipinski definition) is 1. The maximum absolute atomic E-state index is 12.9. The second-order valence-electron chi connectivity index (χ2n) is 5.55. The number of amides is 1. The maximum Gasteiger partial charge on any atom is 0.416 e. The highest BCUT2D eigenvalue weighted by atomic mass is 32.2. The lowest BCUT2D eigenvalue weighted by Crippen LogP contribution is -2.19. The summed E-state index contributed by atoms with van der Waals surface area (Å²) in [5, 5.41) is 1.76. The SMILES string of the molecule is O=C(Nc1ccccc1S(=O)(=O)C(F)F)c1cc(C(F)(F)F)cc(C(F)(F)F)c1. The highest BCUT2D eigenvalue weighted by Gasteiger charge is 2.37. The Labute approximate surface area is 158 Å². The van der Waals surface area contributed by atoms with E-state index in [1.165, 1.54) is 0 Å². The number of benzene rings is 2. The minimum atomic E-state index is -5.22. The van der Waals surface area contributed by atoms with E-state index in [0.717, 1.165) is 18.2 Å². The molecule has 0 saturated carbocycles. The van der Waals surface area contributed by atoms with Crippen LogP contribution in [0.1, 0.15) is 21.5 Å². The van der Waals surface area contributed by atoms with Gasteiger partial charge >= 0.3 is 18.1 Å². The summed E-state index contributed by atoms with van der Waals surface area (Å²) in [6.45, 7) is 0. The summed E-state index contributed by atoms with van der Waals surface area (Å²) >= 11 is 0. The monoisotopic (exact) mass is 447 g/mol. The number of nitrogens with one attached hydrogen (secondary N) is 1. The fourth-order valence-electron chi connectivity index (χ4n) is 2.19. The molecule has 0 bridgehead atoms. The second-order valence-corrected chi connectivity index (χ2v) is 7.44. The number of halogens is 8. The zero-order valence-electron chi connectivity index (χ0n) is 13.8. The van der Waals surface area contributed by atoms with Gasteiger partial charge in [0.2, 0.25) is 9.84 Å². The van der Waals surface area contributed by atoms with Gasteiger partial charge in [-0.15, -0.1) is 0 Å². The molecule has 1 N–H and O–H groups in total. The molecule has 13 heteroatoms. The third-order valence-corrected chi connectivity index (χ3v) is 4.96. The Balaban J connectivity index is 2.53. The van der Waals surface area contributed by atoms with Crippen molar-refractivity contribution in [3.8, 4) is 0 Å². The number of sulfone groups is 1. The first-order valence-electron chi connectivity index (χ1n) is 7.36. The Bertz CT molecular complexity index is 997. The number of carbonyl (C=O) groups excluding carboxylic acids is 1. The molecule has 2 aromatic carbocycles. The number of alkyl halides is 8. The van der Waals surface area contributed by atoms with Crippen LogP contribution in [0.5, 0.6) is 0 Å². The van der Waals surface area contributed by atoms with E-state index in [1.54, 1.807) is 5.32 Å². The van der Waals surface area contributed by atoms with Crippen molar-refractivity contribution >= 4 is 21.4 Å².